The minimum absolute atomic E-state index is 0.119. The summed E-state index contributed by atoms with van der Waals surface area (Å²) in [5.74, 6) is 0.458. The van der Waals surface area contributed by atoms with E-state index in [0.717, 1.165) is 9.87 Å². The molecule has 0 heterocycles. The number of nitrogens with one attached hydrogen (secondary N) is 2. The van der Waals surface area contributed by atoms with Gasteiger partial charge in [0.15, 0.2) is 0 Å². The average molecular weight is 404 g/mol. The van der Waals surface area contributed by atoms with Crippen LogP contribution in [0.4, 0.5) is 4.79 Å². The van der Waals surface area contributed by atoms with E-state index in [1.54, 1.807) is 24.3 Å². The van der Waals surface area contributed by atoms with Crippen LogP contribution in [0.5, 0.6) is 0 Å². The van der Waals surface area contributed by atoms with Crippen LogP contribution < -0.4 is 10.6 Å². The molecule has 0 aliphatic carbocycles. The van der Waals surface area contributed by atoms with E-state index in [1.807, 2.05) is 19.1 Å². The quantitative estimate of drug-likeness (QED) is 0.741. The normalized spacial score (nSPS) is 12.8. The predicted molar refractivity (Wildman–Crippen MR) is 112 cm³/mol. The summed E-state index contributed by atoms with van der Waals surface area (Å²) in [4.78, 5) is 12.5. The zero-order valence-electron chi connectivity index (χ0n) is 17.1. The molecule has 0 bridgehead atoms. The Labute approximate surface area is 168 Å². The Morgan fingerprint density at radius 1 is 0.964 bits per heavy atom. The highest BCUT2D eigenvalue weighted by atomic mass is 32.2. The summed E-state index contributed by atoms with van der Waals surface area (Å²) in [6, 6.07) is 14.3. The van der Waals surface area contributed by atoms with Crippen molar-refractivity contribution in [2.45, 2.75) is 44.2 Å². The van der Waals surface area contributed by atoms with E-state index in [0.29, 0.717) is 11.5 Å². The van der Waals surface area contributed by atoms with Gasteiger partial charge in [-0.25, -0.2) is 17.5 Å². The molecular formula is C21H29N3O3S. The Morgan fingerprint density at radius 2 is 1.54 bits per heavy atom. The maximum absolute atomic E-state index is 12.4. The molecule has 0 aromatic heterocycles. The van der Waals surface area contributed by atoms with Crippen molar-refractivity contribution in [2.24, 2.45) is 0 Å². The molecule has 2 rings (SSSR count). The van der Waals surface area contributed by atoms with Gasteiger partial charge in [0.25, 0.3) is 0 Å². The van der Waals surface area contributed by atoms with Gasteiger partial charge in [0, 0.05) is 20.6 Å². The first-order chi connectivity index (χ1) is 13.1. The Kier molecular flexibility index (Phi) is 7.21. The number of sulfonamides is 1. The van der Waals surface area contributed by atoms with E-state index in [-0.39, 0.29) is 23.5 Å². The molecule has 0 radical (unpaired) electrons. The third-order valence-corrected chi connectivity index (χ3v) is 6.54. The molecular weight excluding hydrogens is 374 g/mol. The standard InChI is InChI=1S/C21H29N3O3S/c1-15(2)17-10-12-18(13-11-17)16(3)23-21(25)22-14-19-8-6-7-9-20(19)28(26,27)24(4)5/h6-13,15-16H,14H2,1-5H3,(H2,22,23,25). The van der Waals surface area contributed by atoms with Crippen molar-refractivity contribution in [1.29, 1.82) is 0 Å². The molecule has 0 aliphatic heterocycles. The second-order valence-corrected chi connectivity index (χ2v) is 9.39. The number of carbonyl (C=O) groups excluding carboxylic acids is 1. The second kappa shape index (κ2) is 9.21. The lowest BCUT2D eigenvalue weighted by molar-refractivity contribution is 0.237. The monoisotopic (exact) mass is 403 g/mol. The van der Waals surface area contributed by atoms with Crippen molar-refractivity contribution in [2.75, 3.05) is 14.1 Å². The van der Waals surface area contributed by atoms with Crippen LogP contribution in [0.1, 0.15) is 49.4 Å². The van der Waals surface area contributed by atoms with Gasteiger partial charge < -0.3 is 10.6 Å². The number of carbonyl (C=O) groups is 1. The van der Waals surface area contributed by atoms with Crippen LogP contribution in [0.15, 0.2) is 53.4 Å². The third-order valence-electron chi connectivity index (χ3n) is 4.62. The lowest BCUT2D eigenvalue weighted by Gasteiger charge is -2.18. The lowest BCUT2D eigenvalue weighted by atomic mass is 10.00. The molecule has 6 nitrogen and oxygen atoms in total. The summed E-state index contributed by atoms with van der Waals surface area (Å²) in [7, 11) is -0.602. The molecule has 1 atom stereocenters. The van der Waals surface area contributed by atoms with Gasteiger partial charge in [0.1, 0.15) is 0 Å². The van der Waals surface area contributed by atoms with E-state index in [9.17, 15) is 13.2 Å². The number of rotatable bonds is 7. The maximum atomic E-state index is 12.4. The predicted octanol–water partition coefficient (Wildman–Crippen LogP) is 3.62. The van der Waals surface area contributed by atoms with E-state index >= 15 is 0 Å². The van der Waals surface area contributed by atoms with Crippen molar-refractivity contribution in [1.82, 2.24) is 14.9 Å². The van der Waals surface area contributed by atoms with Crippen molar-refractivity contribution >= 4 is 16.1 Å². The van der Waals surface area contributed by atoms with Gasteiger partial charge in [-0.2, -0.15) is 0 Å². The molecule has 2 aromatic carbocycles. The molecule has 0 aliphatic rings. The van der Waals surface area contributed by atoms with E-state index in [2.05, 4.69) is 36.6 Å². The molecule has 2 amide bonds. The molecule has 1 unspecified atom stereocenters. The number of urea groups is 1. The molecule has 0 spiro atoms. The van der Waals surface area contributed by atoms with Gasteiger partial charge in [0.05, 0.1) is 10.9 Å². The van der Waals surface area contributed by atoms with E-state index < -0.39 is 10.0 Å². The molecule has 0 saturated heterocycles. The number of hydrogen-bond acceptors (Lipinski definition) is 3. The first-order valence-electron chi connectivity index (χ1n) is 9.27. The fourth-order valence-electron chi connectivity index (χ4n) is 2.77. The first kappa shape index (κ1) is 21.9. The molecule has 0 saturated carbocycles. The molecule has 7 heteroatoms. The number of benzene rings is 2. The Balaban J connectivity index is 2.01. The van der Waals surface area contributed by atoms with Crippen LogP contribution in [0.2, 0.25) is 0 Å². The molecule has 28 heavy (non-hydrogen) atoms. The zero-order valence-corrected chi connectivity index (χ0v) is 17.9. The van der Waals surface area contributed by atoms with Gasteiger partial charge >= 0.3 is 6.03 Å². The van der Waals surface area contributed by atoms with Gasteiger partial charge in [-0.3, -0.25) is 0 Å². The van der Waals surface area contributed by atoms with Crippen LogP contribution in [-0.4, -0.2) is 32.8 Å². The molecule has 2 aromatic rings. The third kappa shape index (κ3) is 5.33. The first-order valence-corrected chi connectivity index (χ1v) is 10.7. The minimum Gasteiger partial charge on any atom is -0.334 e. The summed E-state index contributed by atoms with van der Waals surface area (Å²) in [6.07, 6.45) is 0. The molecule has 2 N–H and O–H groups in total. The fraction of sp³-hybridized carbons (Fsp3) is 0.381. The van der Waals surface area contributed by atoms with E-state index in [1.165, 1.54) is 19.7 Å². The highest BCUT2D eigenvalue weighted by molar-refractivity contribution is 7.89. The van der Waals surface area contributed by atoms with Crippen LogP contribution in [0, 0.1) is 0 Å². The Hall–Kier alpha value is -2.38. The number of nitrogens with zero attached hydrogens (tertiary/aromatic N) is 1. The smallest absolute Gasteiger partial charge is 0.315 e. The largest absolute Gasteiger partial charge is 0.334 e. The van der Waals surface area contributed by atoms with Crippen LogP contribution in [0.25, 0.3) is 0 Å². The summed E-state index contributed by atoms with van der Waals surface area (Å²) >= 11 is 0. The highest BCUT2D eigenvalue weighted by Gasteiger charge is 2.21. The van der Waals surface area contributed by atoms with Gasteiger partial charge in [0.2, 0.25) is 10.0 Å². The van der Waals surface area contributed by atoms with E-state index in [4.69, 9.17) is 0 Å². The van der Waals surface area contributed by atoms with Crippen molar-refractivity contribution in [3.63, 3.8) is 0 Å². The number of amides is 2. The van der Waals surface area contributed by atoms with Crippen LogP contribution in [-0.2, 0) is 16.6 Å². The average Bonchev–Trinajstić information content (AvgIpc) is 2.66. The maximum Gasteiger partial charge on any atom is 0.315 e. The fourth-order valence-corrected chi connectivity index (χ4v) is 3.89. The zero-order chi connectivity index (χ0) is 20.9. The second-order valence-electron chi connectivity index (χ2n) is 7.27. The van der Waals surface area contributed by atoms with Gasteiger partial charge in [-0.15, -0.1) is 0 Å². The van der Waals surface area contributed by atoms with Crippen LogP contribution in [0.3, 0.4) is 0 Å². The summed E-state index contributed by atoms with van der Waals surface area (Å²) in [6.45, 7) is 6.30. The molecule has 152 valence electrons. The highest BCUT2D eigenvalue weighted by Crippen LogP contribution is 2.19. The van der Waals surface area contributed by atoms with Crippen LogP contribution >= 0.6 is 0 Å². The minimum atomic E-state index is -3.57. The van der Waals surface area contributed by atoms with Crippen molar-refractivity contribution in [3.05, 3.63) is 65.2 Å². The summed E-state index contributed by atoms with van der Waals surface area (Å²) in [5, 5.41) is 5.63. The topological polar surface area (TPSA) is 78.5 Å². The van der Waals surface area contributed by atoms with Crippen molar-refractivity contribution in [3.8, 4) is 0 Å². The lowest BCUT2D eigenvalue weighted by Crippen LogP contribution is -2.37. The summed E-state index contributed by atoms with van der Waals surface area (Å²) < 4.78 is 26.0. The SMILES string of the molecule is CC(C)c1ccc(C(C)NC(=O)NCc2ccccc2S(=O)(=O)N(C)C)cc1. The number of hydrogen-bond donors (Lipinski definition) is 2. The van der Waals surface area contributed by atoms with Crippen molar-refractivity contribution < 1.29 is 13.2 Å². The molecule has 0 fully saturated rings. The van der Waals surface area contributed by atoms with Gasteiger partial charge in [-0.05, 0) is 35.6 Å². The summed E-state index contributed by atoms with van der Waals surface area (Å²) in [5.41, 5.74) is 2.80. The van der Waals surface area contributed by atoms with Gasteiger partial charge in [-0.1, -0.05) is 56.3 Å². The Morgan fingerprint density at radius 3 is 2.11 bits per heavy atom. The Bertz CT molecular complexity index is 907.